The van der Waals surface area contributed by atoms with Crippen molar-refractivity contribution in [2.24, 2.45) is 11.8 Å². The average molecular weight is 269 g/mol. The van der Waals surface area contributed by atoms with Crippen LogP contribution in [0.4, 0.5) is 8.78 Å². The van der Waals surface area contributed by atoms with Crippen LogP contribution in [0.25, 0.3) is 0 Å². The molecule has 4 heteroatoms. The van der Waals surface area contributed by atoms with Crippen molar-refractivity contribution in [2.75, 3.05) is 0 Å². The Morgan fingerprint density at radius 1 is 1.21 bits per heavy atom. The SMILES string of the molecule is OC1(C(F)(F)Br)CCCC(C2CC2)C1. The van der Waals surface area contributed by atoms with Crippen LogP contribution in [0.5, 0.6) is 0 Å². The van der Waals surface area contributed by atoms with E-state index in [9.17, 15) is 13.9 Å². The zero-order valence-corrected chi connectivity index (χ0v) is 9.56. The van der Waals surface area contributed by atoms with Gasteiger partial charge >= 0.3 is 4.83 Å². The second-order valence-corrected chi connectivity index (χ2v) is 5.72. The van der Waals surface area contributed by atoms with Gasteiger partial charge in [0.2, 0.25) is 0 Å². The molecule has 0 saturated heterocycles. The van der Waals surface area contributed by atoms with E-state index in [1.165, 1.54) is 0 Å². The third-order valence-corrected chi connectivity index (χ3v) is 4.32. The Morgan fingerprint density at radius 2 is 1.86 bits per heavy atom. The lowest BCUT2D eigenvalue weighted by molar-refractivity contribution is -0.145. The minimum atomic E-state index is -3.13. The van der Waals surface area contributed by atoms with Gasteiger partial charge in [-0.15, -0.1) is 0 Å². The number of hydrogen-bond acceptors (Lipinski definition) is 1. The summed E-state index contributed by atoms with van der Waals surface area (Å²) in [5.74, 6) is 0.925. The number of alkyl halides is 3. The van der Waals surface area contributed by atoms with Gasteiger partial charge in [-0.05, 0) is 59.9 Å². The summed E-state index contributed by atoms with van der Waals surface area (Å²) in [7, 11) is 0. The molecule has 0 bridgehead atoms. The molecule has 0 aliphatic heterocycles. The van der Waals surface area contributed by atoms with Gasteiger partial charge in [0, 0.05) is 0 Å². The first-order chi connectivity index (χ1) is 6.42. The molecule has 0 aromatic heterocycles. The van der Waals surface area contributed by atoms with Crippen molar-refractivity contribution in [3.05, 3.63) is 0 Å². The van der Waals surface area contributed by atoms with Gasteiger partial charge in [0.15, 0.2) is 0 Å². The molecule has 2 aliphatic carbocycles. The van der Waals surface area contributed by atoms with Crippen molar-refractivity contribution in [1.29, 1.82) is 0 Å². The van der Waals surface area contributed by atoms with Crippen molar-refractivity contribution in [3.63, 3.8) is 0 Å². The summed E-state index contributed by atoms with van der Waals surface area (Å²) in [4.78, 5) is -3.13. The Hall–Kier alpha value is 0.300. The summed E-state index contributed by atoms with van der Waals surface area (Å²) < 4.78 is 26.2. The van der Waals surface area contributed by atoms with Gasteiger partial charge in [0.25, 0.3) is 0 Å². The summed E-state index contributed by atoms with van der Waals surface area (Å²) in [6.45, 7) is 0. The van der Waals surface area contributed by atoms with Crippen LogP contribution in [0.2, 0.25) is 0 Å². The quantitative estimate of drug-likeness (QED) is 0.762. The van der Waals surface area contributed by atoms with E-state index in [0.29, 0.717) is 11.8 Å². The topological polar surface area (TPSA) is 20.2 Å². The fourth-order valence-corrected chi connectivity index (χ4v) is 2.88. The molecule has 2 fully saturated rings. The van der Waals surface area contributed by atoms with Gasteiger partial charge < -0.3 is 5.11 Å². The molecule has 0 aromatic carbocycles. The zero-order valence-electron chi connectivity index (χ0n) is 7.98. The maximum Gasteiger partial charge on any atom is 0.329 e. The van der Waals surface area contributed by atoms with Crippen LogP contribution in [0.1, 0.15) is 38.5 Å². The van der Waals surface area contributed by atoms with Crippen LogP contribution in [0, 0.1) is 11.8 Å². The van der Waals surface area contributed by atoms with Crippen LogP contribution in [-0.4, -0.2) is 15.5 Å². The molecule has 14 heavy (non-hydrogen) atoms. The monoisotopic (exact) mass is 268 g/mol. The third kappa shape index (κ3) is 1.96. The maximum atomic E-state index is 13.1. The van der Waals surface area contributed by atoms with Crippen molar-refractivity contribution in [1.82, 2.24) is 0 Å². The Labute approximate surface area is 91.0 Å². The van der Waals surface area contributed by atoms with Crippen LogP contribution in [-0.2, 0) is 0 Å². The summed E-state index contributed by atoms with van der Waals surface area (Å²) in [5, 5.41) is 9.86. The Balaban J connectivity index is 2.04. The van der Waals surface area contributed by atoms with E-state index in [2.05, 4.69) is 15.9 Å². The van der Waals surface area contributed by atoms with Gasteiger partial charge in [-0.25, -0.2) is 0 Å². The van der Waals surface area contributed by atoms with E-state index >= 15 is 0 Å². The largest absolute Gasteiger partial charge is 0.383 e. The molecule has 2 atom stereocenters. The molecule has 2 aliphatic rings. The smallest absolute Gasteiger partial charge is 0.329 e. The highest BCUT2D eigenvalue weighted by Gasteiger charge is 2.54. The molecule has 0 amide bonds. The van der Waals surface area contributed by atoms with E-state index in [1.54, 1.807) is 0 Å². The molecule has 0 spiro atoms. The van der Waals surface area contributed by atoms with E-state index in [1.807, 2.05) is 0 Å². The molecular weight excluding hydrogens is 254 g/mol. The lowest BCUT2D eigenvalue weighted by Gasteiger charge is -2.39. The summed E-state index contributed by atoms with van der Waals surface area (Å²) in [6, 6.07) is 0. The lowest BCUT2D eigenvalue weighted by atomic mass is 9.76. The first kappa shape index (κ1) is 10.8. The molecular formula is C10H15BrF2O. The van der Waals surface area contributed by atoms with Crippen molar-refractivity contribution in [3.8, 4) is 0 Å². The Morgan fingerprint density at radius 3 is 2.36 bits per heavy atom. The molecule has 0 aromatic rings. The average Bonchev–Trinajstić information content (AvgIpc) is 2.84. The van der Waals surface area contributed by atoms with E-state index in [-0.39, 0.29) is 12.8 Å². The first-order valence-corrected chi connectivity index (χ1v) is 6.01. The van der Waals surface area contributed by atoms with Crippen LogP contribution in [0.15, 0.2) is 0 Å². The van der Waals surface area contributed by atoms with Crippen molar-refractivity contribution < 1.29 is 13.9 Å². The molecule has 82 valence electrons. The number of rotatable bonds is 2. The van der Waals surface area contributed by atoms with Gasteiger partial charge in [-0.3, -0.25) is 0 Å². The molecule has 1 N–H and O–H groups in total. The fourth-order valence-electron chi connectivity index (χ4n) is 2.52. The number of hydrogen-bond donors (Lipinski definition) is 1. The summed E-state index contributed by atoms with van der Waals surface area (Å²) in [6.07, 6.45) is 4.53. The Bertz CT molecular complexity index is 225. The highest BCUT2D eigenvalue weighted by Crippen LogP contribution is 2.51. The standard InChI is InChI=1S/C10H15BrF2O/c11-10(12,13)9(14)5-1-2-8(6-9)7-3-4-7/h7-8,14H,1-6H2. The summed E-state index contributed by atoms with van der Waals surface area (Å²) >= 11 is 2.31. The second-order valence-electron chi connectivity index (χ2n) is 4.72. The minimum absolute atomic E-state index is 0.217. The molecule has 2 unspecified atom stereocenters. The van der Waals surface area contributed by atoms with Crippen LogP contribution < -0.4 is 0 Å². The first-order valence-electron chi connectivity index (χ1n) is 5.21. The number of halogens is 3. The molecule has 2 rings (SSSR count). The highest BCUT2D eigenvalue weighted by atomic mass is 79.9. The van der Waals surface area contributed by atoms with Gasteiger partial charge in [0.05, 0.1) is 0 Å². The predicted molar refractivity (Wildman–Crippen MR) is 53.5 cm³/mol. The Kier molecular flexibility index (Phi) is 2.63. The van der Waals surface area contributed by atoms with Crippen molar-refractivity contribution in [2.45, 2.75) is 49.0 Å². The predicted octanol–water partition coefficient (Wildman–Crippen LogP) is 3.31. The zero-order chi connectivity index (χ0) is 10.4. The van der Waals surface area contributed by atoms with Gasteiger partial charge in [-0.1, -0.05) is 6.42 Å². The van der Waals surface area contributed by atoms with Crippen LogP contribution >= 0.6 is 15.9 Å². The van der Waals surface area contributed by atoms with Crippen molar-refractivity contribution >= 4 is 15.9 Å². The highest BCUT2D eigenvalue weighted by molar-refractivity contribution is 9.10. The van der Waals surface area contributed by atoms with Crippen LogP contribution in [0.3, 0.4) is 0 Å². The van der Waals surface area contributed by atoms with Gasteiger partial charge in [0.1, 0.15) is 5.60 Å². The molecule has 0 heterocycles. The maximum absolute atomic E-state index is 13.1. The normalized spacial score (nSPS) is 39.9. The second kappa shape index (κ2) is 3.41. The summed E-state index contributed by atoms with van der Waals surface area (Å²) in [5.41, 5.74) is -1.81. The third-order valence-electron chi connectivity index (χ3n) is 3.58. The fraction of sp³-hybridized carbons (Fsp3) is 1.00. The minimum Gasteiger partial charge on any atom is -0.383 e. The molecule has 0 radical (unpaired) electrons. The number of aliphatic hydroxyl groups is 1. The lowest BCUT2D eigenvalue weighted by Crippen LogP contribution is -2.47. The van der Waals surface area contributed by atoms with E-state index in [0.717, 1.165) is 25.7 Å². The molecule has 1 nitrogen and oxygen atoms in total. The molecule has 2 saturated carbocycles. The van der Waals surface area contributed by atoms with E-state index in [4.69, 9.17) is 0 Å². The van der Waals surface area contributed by atoms with Gasteiger partial charge in [-0.2, -0.15) is 8.78 Å². The van der Waals surface area contributed by atoms with E-state index < -0.39 is 10.4 Å².